The van der Waals surface area contributed by atoms with Crippen molar-refractivity contribution in [2.75, 3.05) is 0 Å². The van der Waals surface area contributed by atoms with E-state index in [1.54, 1.807) is 12.1 Å². The zero-order valence-electron chi connectivity index (χ0n) is 8.46. The van der Waals surface area contributed by atoms with Crippen molar-refractivity contribution in [1.82, 2.24) is 9.78 Å². The van der Waals surface area contributed by atoms with Crippen LogP contribution in [0.25, 0.3) is 5.69 Å². The molecule has 4 nitrogen and oxygen atoms in total. The van der Waals surface area contributed by atoms with Crippen LogP contribution in [0, 0.1) is 6.92 Å². The van der Waals surface area contributed by atoms with Crippen LogP contribution in [0.3, 0.4) is 0 Å². The van der Waals surface area contributed by atoms with Crippen molar-refractivity contribution in [2.45, 2.75) is 11.9 Å². The summed E-state index contributed by atoms with van der Waals surface area (Å²) in [6.07, 6.45) is 1.40. The van der Waals surface area contributed by atoms with Crippen LogP contribution in [0.5, 0.6) is 0 Å². The van der Waals surface area contributed by atoms with E-state index < -0.39 is 9.05 Å². The Kier molecular flexibility index (Phi) is 2.73. The van der Waals surface area contributed by atoms with Crippen molar-refractivity contribution in [3.05, 3.63) is 42.1 Å². The van der Waals surface area contributed by atoms with Gasteiger partial charge in [0, 0.05) is 10.7 Å². The minimum absolute atomic E-state index is 0.0296. The summed E-state index contributed by atoms with van der Waals surface area (Å²) in [5.74, 6) is 0. The van der Waals surface area contributed by atoms with Crippen molar-refractivity contribution in [1.29, 1.82) is 0 Å². The van der Waals surface area contributed by atoms with E-state index in [9.17, 15) is 8.42 Å². The fourth-order valence-electron chi connectivity index (χ4n) is 1.36. The monoisotopic (exact) mass is 256 g/mol. The van der Waals surface area contributed by atoms with Crippen molar-refractivity contribution in [2.24, 2.45) is 0 Å². The highest BCUT2D eigenvalue weighted by Gasteiger charge is 2.16. The third-order valence-electron chi connectivity index (χ3n) is 2.14. The summed E-state index contributed by atoms with van der Waals surface area (Å²) < 4.78 is 23.8. The summed E-state index contributed by atoms with van der Waals surface area (Å²) in [5, 5.41) is 3.91. The van der Waals surface area contributed by atoms with Crippen LogP contribution in [0.1, 0.15) is 5.56 Å². The highest BCUT2D eigenvalue weighted by molar-refractivity contribution is 8.13. The van der Waals surface area contributed by atoms with Crippen molar-refractivity contribution in [3.8, 4) is 5.69 Å². The number of nitrogens with zero attached hydrogens (tertiary/aromatic N) is 2. The van der Waals surface area contributed by atoms with Gasteiger partial charge in [-0.25, -0.2) is 13.1 Å². The van der Waals surface area contributed by atoms with Gasteiger partial charge in [-0.15, -0.1) is 0 Å². The molecule has 0 spiro atoms. The van der Waals surface area contributed by atoms with Crippen molar-refractivity contribution in [3.63, 3.8) is 0 Å². The number of rotatable bonds is 2. The Morgan fingerprint density at radius 2 is 1.81 bits per heavy atom. The van der Waals surface area contributed by atoms with Crippen LogP contribution >= 0.6 is 10.7 Å². The number of hydrogen-bond donors (Lipinski definition) is 0. The molecule has 2 rings (SSSR count). The summed E-state index contributed by atoms with van der Waals surface area (Å²) in [5.41, 5.74) is 1.75. The molecule has 84 valence electrons. The van der Waals surface area contributed by atoms with Gasteiger partial charge in [-0.2, -0.15) is 5.10 Å². The summed E-state index contributed by atoms with van der Waals surface area (Å²) in [7, 11) is 1.52. The maximum atomic E-state index is 11.3. The summed E-state index contributed by atoms with van der Waals surface area (Å²) >= 11 is 0. The molecule has 1 aromatic carbocycles. The molecule has 0 aliphatic heterocycles. The third kappa shape index (κ3) is 2.10. The SMILES string of the molecule is Cc1ccc(-n2nccc2S(=O)(=O)Cl)cc1. The second-order valence-electron chi connectivity index (χ2n) is 3.35. The van der Waals surface area contributed by atoms with Crippen LogP contribution in [-0.2, 0) is 9.05 Å². The maximum absolute atomic E-state index is 11.3. The molecule has 0 N–H and O–H groups in total. The Balaban J connectivity index is 2.58. The van der Waals surface area contributed by atoms with Gasteiger partial charge in [-0.1, -0.05) is 17.7 Å². The number of halogens is 1. The van der Waals surface area contributed by atoms with E-state index in [2.05, 4.69) is 5.10 Å². The van der Waals surface area contributed by atoms with Crippen LogP contribution in [-0.4, -0.2) is 18.2 Å². The van der Waals surface area contributed by atoms with Gasteiger partial charge in [0.1, 0.15) is 0 Å². The van der Waals surface area contributed by atoms with Gasteiger partial charge in [0.05, 0.1) is 11.9 Å². The molecule has 0 saturated carbocycles. The molecule has 16 heavy (non-hydrogen) atoms. The van der Waals surface area contributed by atoms with E-state index >= 15 is 0 Å². The van der Waals surface area contributed by atoms with Gasteiger partial charge in [-0.05, 0) is 25.1 Å². The normalized spacial score (nSPS) is 11.6. The minimum Gasteiger partial charge on any atom is -0.221 e. The number of aryl methyl sites for hydroxylation is 1. The van der Waals surface area contributed by atoms with Crippen molar-refractivity contribution < 1.29 is 8.42 Å². The highest BCUT2D eigenvalue weighted by Crippen LogP contribution is 2.18. The van der Waals surface area contributed by atoms with Crippen molar-refractivity contribution >= 4 is 19.7 Å². The zero-order valence-corrected chi connectivity index (χ0v) is 10.0. The molecule has 0 bridgehead atoms. The molecular formula is C10H9ClN2O2S. The predicted octanol–water partition coefficient (Wildman–Crippen LogP) is 2.11. The lowest BCUT2D eigenvalue weighted by molar-refractivity contribution is 0.600. The van der Waals surface area contributed by atoms with Crippen LogP contribution in [0.2, 0.25) is 0 Å². The van der Waals surface area contributed by atoms with Gasteiger partial charge in [0.2, 0.25) is 0 Å². The fraction of sp³-hybridized carbons (Fsp3) is 0.100. The van der Waals surface area contributed by atoms with Crippen LogP contribution in [0.4, 0.5) is 0 Å². The van der Waals surface area contributed by atoms with E-state index in [1.165, 1.54) is 16.9 Å². The predicted molar refractivity (Wildman–Crippen MR) is 61.3 cm³/mol. The molecular weight excluding hydrogens is 248 g/mol. The zero-order chi connectivity index (χ0) is 11.8. The first kappa shape index (κ1) is 11.2. The largest absolute Gasteiger partial charge is 0.278 e. The first-order chi connectivity index (χ1) is 7.48. The fourth-order valence-corrected chi connectivity index (χ4v) is 2.29. The summed E-state index contributed by atoms with van der Waals surface area (Å²) in [6.45, 7) is 1.95. The molecule has 6 heteroatoms. The lowest BCUT2D eigenvalue weighted by Crippen LogP contribution is -2.04. The second kappa shape index (κ2) is 3.92. The van der Waals surface area contributed by atoms with Gasteiger partial charge >= 0.3 is 0 Å². The first-order valence-electron chi connectivity index (χ1n) is 4.54. The standard InChI is InChI=1S/C10H9ClN2O2S/c1-8-2-4-9(5-3-8)13-10(6-7-12-13)16(11,14)15/h2-7H,1H3. The summed E-state index contributed by atoms with van der Waals surface area (Å²) in [4.78, 5) is 0. The second-order valence-corrected chi connectivity index (χ2v) is 5.87. The van der Waals surface area contributed by atoms with E-state index in [4.69, 9.17) is 10.7 Å². The average Bonchev–Trinajstić information content (AvgIpc) is 2.66. The molecule has 2 aromatic rings. The summed E-state index contributed by atoms with van der Waals surface area (Å²) in [6, 6.07) is 8.69. The Hall–Kier alpha value is -1.33. The minimum atomic E-state index is -3.78. The smallest absolute Gasteiger partial charge is 0.221 e. The van der Waals surface area contributed by atoms with Gasteiger partial charge in [-0.3, -0.25) is 0 Å². The molecule has 0 aliphatic rings. The Morgan fingerprint density at radius 1 is 1.19 bits per heavy atom. The Labute approximate surface area is 97.9 Å². The van der Waals surface area contributed by atoms with Crippen LogP contribution in [0.15, 0.2) is 41.6 Å². The molecule has 0 fully saturated rings. The highest BCUT2D eigenvalue weighted by atomic mass is 35.7. The molecule has 0 saturated heterocycles. The Bertz CT molecular complexity index is 602. The first-order valence-corrected chi connectivity index (χ1v) is 6.85. The molecule has 1 heterocycles. The molecule has 0 unspecified atom stereocenters. The molecule has 1 aromatic heterocycles. The van der Waals surface area contributed by atoms with Gasteiger partial charge < -0.3 is 0 Å². The Morgan fingerprint density at radius 3 is 2.38 bits per heavy atom. The molecule has 0 radical (unpaired) electrons. The van der Waals surface area contributed by atoms with E-state index in [1.807, 2.05) is 19.1 Å². The maximum Gasteiger partial charge on any atom is 0.278 e. The number of hydrogen-bond acceptors (Lipinski definition) is 3. The average molecular weight is 257 g/mol. The lowest BCUT2D eigenvalue weighted by Gasteiger charge is -2.04. The lowest BCUT2D eigenvalue weighted by atomic mass is 10.2. The third-order valence-corrected chi connectivity index (χ3v) is 3.42. The van der Waals surface area contributed by atoms with E-state index in [-0.39, 0.29) is 5.03 Å². The van der Waals surface area contributed by atoms with Crippen LogP contribution < -0.4 is 0 Å². The molecule has 0 aliphatic carbocycles. The topological polar surface area (TPSA) is 52.0 Å². The quantitative estimate of drug-likeness (QED) is 0.774. The van der Waals surface area contributed by atoms with E-state index in [0.29, 0.717) is 5.69 Å². The number of aromatic nitrogens is 2. The molecule has 0 amide bonds. The number of benzene rings is 1. The van der Waals surface area contributed by atoms with Gasteiger partial charge in [0.15, 0.2) is 5.03 Å². The van der Waals surface area contributed by atoms with E-state index in [0.717, 1.165) is 5.56 Å². The van der Waals surface area contributed by atoms with Gasteiger partial charge in [0.25, 0.3) is 9.05 Å². The molecule has 0 atom stereocenters.